The molecule has 2 aromatic heterocycles. The van der Waals surface area contributed by atoms with Gasteiger partial charge in [0.25, 0.3) is 5.91 Å². The predicted molar refractivity (Wildman–Crippen MR) is 79.1 cm³/mol. The second-order valence-electron chi connectivity index (χ2n) is 3.89. The Hall–Kier alpha value is -1.18. The molecule has 0 saturated carbocycles. The Balaban J connectivity index is 2.07. The molecule has 0 atom stereocenters. The Morgan fingerprint density at radius 3 is 2.58 bits per heavy atom. The Labute approximate surface area is 126 Å². The molecule has 0 saturated heterocycles. The van der Waals surface area contributed by atoms with Crippen molar-refractivity contribution in [2.75, 3.05) is 7.05 Å². The molecule has 0 aliphatic heterocycles. The third kappa shape index (κ3) is 3.43. The van der Waals surface area contributed by atoms with Crippen molar-refractivity contribution in [3.63, 3.8) is 0 Å². The molecular formula is C12H10BrNO3S2. The van der Waals surface area contributed by atoms with Crippen LogP contribution in [0.2, 0.25) is 0 Å². The minimum absolute atomic E-state index is 0.167. The summed E-state index contributed by atoms with van der Waals surface area (Å²) in [5.41, 5.74) is 1.04. The summed E-state index contributed by atoms with van der Waals surface area (Å²) in [6.45, 7) is 0.501. The molecule has 0 bridgehead atoms. The highest BCUT2D eigenvalue weighted by Crippen LogP contribution is 2.23. The largest absolute Gasteiger partial charge is 0.477 e. The summed E-state index contributed by atoms with van der Waals surface area (Å²) >= 11 is 5.94. The lowest BCUT2D eigenvalue weighted by Crippen LogP contribution is -2.25. The monoisotopic (exact) mass is 359 g/mol. The number of nitrogens with zero attached hydrogens (tertiary/aromatic N) is 1. The van der Waals surface area contributed by atoms with E-state index in [9.17, 15) is 9.59 Å². The fourth-order valence-electron chi connectivity index (χ4n) is 1.53. The molecule has 0 unspecified atom stereocenters. The van der Waals surface area contributed by atoms with E-state index in [4.69, 9.17) is 5.11 Å². The lowest BCUT2D eigenvalue weighted by atomic mass is 10.3. The zero-order valence-corrected chi connectivity index (χ0v) is 13.1. The van der Waals surface area contributed by atoms with Gasteiger partial charge in [-0.05, 0) is 45.1 Å². The maximum atomic E-state index is 12.1. The third-order valence-electron chi connectivity index (χ3n) is 2.42. The van der Waals surface area contributed by atoms with Crippen LogP contribution in [0.4, 0.5) is 0 Å². The molecule has 0 radical (unpaired) electrons. The minimum atomic E-state index is -1.01. The van der Waals surface area contributed by atoms with Gasteiger partial charge in [0.15, 0.2) is 0 Å². The van der Waals surface area contributed by atoms with Crippen LogP contribution >= 0.6 is 38.6 Å². The quantitative estimate of drug-likeness (QED) is 0.907. The summed E-state index contributed by atoms with van der Waals surface area (Å²) < 4.78 is 1.02. The second kappa shape index (κ2) is 5.85. The zero-order valence-electron chi connectivity index (χ0n) is 9.92. The van der Waals surface area contributed by atoms with Gasteiger partial charge in [-0.25, -0.2) is 4.79 Å². The van der Waals surface area contributed by atoms with E-state index in [-0.39, 0.29) is 10.8 Å². The average Bonchev–Trinajstić information content (AvgIpc) is 2.97. The Morgan fingerprint density at radius 1 is 1.37 bits per heavy atom. The topological polar surface area (TPSA) is 57.6 Å². The van der Waals surface area contributed by atoms with Crippen molar-refractivity contribution in [3.05, 3.63) is 42.7 Å². The van der Waals surface area contributed by atoms with E-state index in [0.29, 0.717) is 11.4 Å². The molecule has 0 aliphatic carbocycles. The standard InChI is InChI=1S/C12H10BrNO3S2/c1-14(5-7-4-10(13)18-6-7)11(15)8-2-3-9(19-8)12(16)17/h2-4,6H,5H2,1H3,(H,16,17). The van der Waals surface area contributed by atoms with Crippen LogP contribution in [0.25, 0.3) is 0 Å². The van der Waals surface area contributed by atoms with Crippen LogP contribution in [-0.4, -0.2) is 28.9 Å². The van der Waals surface area contributed by atoms with E-state index in [1.165, 1.54) is 6.07 Å². The molecule has 0 spiro atoms. The summed E-state index contributed by atoms with van der Waals surface area (Å²) in [5.74, 6) is -1.17. The smallest absolute Gasteiger partial charge is 0.345 e. The van der Waals surface area contributed by atoms with Crippen LogP contribution in [0.3, 0.4) is 0 Å². The molecular weight excluding hydrogens is 350 g/mol. The van der Waals surface area contributed by atoms with E-state index in [1.807, 2.05) is 11.4 Å². The van der Waals surface area contributed by atoms with Crippen molar-refractivity contribution in [2.24, 2.45) is 0 Å². The molecule has 7 heteroatoms. The first-order valence-electron chi connectivity index (χ1n) is 5.29. The van der Waals surface area contributed by atoms with Crippen LogP contribution in [0.5, 0.6) is 0 Å². The Morgan fingerprint density at radius 2 is 2.05 bits per heavy atom. The molecule has 2 aromatic rings. The fraction of sp³-hybridized carbons (Fsp3) is 0.167. The number of amides is 1. The molecule has 0 fully saturated rings. The highest BCUT2D eigenvalue weighted by Gasteiger charge is 2.17. The van der Waals surface area contributed by atoms with E-state index in [1.54, 1.807) is 29.4 Å². The van der Waals surface area contributed by atoms with Gasteiger partial charge in [-0.2, -0.15) is 0 Å². The summed E-state index contributed by atoms with van der Waals surface area (Å²) in [4.78, 5) is 25.1. The maximum Gasteiger partial charge on any atom is 0.345 e. The Kier molecular flexibility index (Phi) is 4.38. The molecule has 100 valence electrons. The van der Waals surface area contributed by atoms with Gasteiger partial charge in [0.1, 0.15) is 4.88 Å². The Bertz CT molecular complexity index is 620. The van der Waals surface area contributed by atoms with E-state index >= 15 is 0 Å². The van der Waals surface area contributed by atoms with Crippen LogP contribution in [0, 0.1) is 0 Å². The van der Waals surface area contributed by atoms with Crippen LogP contribution < -0.4 is 0 Å². The molecule has 1 amide bonds. The lowest BCUT2D eigenvalue weighted by molar-refractivity contribution is 0.0701. The van der Waals surface area contributed by atoms with Crippen molar-refractivity contribution >= 4 is 50.5 Å². The number of rotatable bonds is 4. The van der Waals surface area contributed by atoms with Crippen LogP contribution in [-0.2, 0) is 6.54 Å². The molecule has 4 nitrogen and oxygen atoms in total. The van der Waals surface area contributed by atoms with E-state index in [2.05, 4.69) is 15.9 Å². The first kappa shape index (κ1) is 14.2. The summed E-state index contributed by atoms with van der Waals surface area (Å²) in [7, 11) is 1.70. The summed E-state index contributed by atoms with van der Waals surface area (Å²) in [5, 5.41) is 10.8. The molecule has 2 heterocycles. The molecule has 2 rings (SSSR count). The number of carboxylic acids is 1. The van der Waals surface area contributed by atoms with Gasteiger partial charge in [-0.15, -0.1) is 22.7 Å². The van der Waals surface area contributed by atoms with Crippen molar-refractivity contribution in [3.8, 4) is 0 Å². The highest BCUT2D eigenvalue weighted by molar-refractivity contribution is 9.11. The van der Waals surface area contributed by atoms with Crippen LogP contribution in [0.15, 0.2) is 27.4 Å². The number of halogens is 1. The van der Waals surface area contributed by atoms with Crippen molar-refractivity contribution in [1.82, 2.24) is 4.90 Å². The number of hydrogen-bond donors (Lipinski definition) is 1. The van der Waals surface area contributed by atoms with Crippen LogP contribution in [0.1, 0.15) is 24.9 Å². The number of carbonyl (C=O) groups is 2. The third-order valence-corrected chi connectivity index (χ3v) is 5.03. The van der Waals surface area contributed by atoms with Gasteiger partial charge in [0, 0.05) is 13.6 Å². The normalized spacial score (nSPS) is 10.4. The van der Waals surface area contributed by atoms with E-state index < -0.39 is 5.97 Å². The number of carbonyl (C=O) groups excluding carboxylic acids is 1. The predicted octanol–water partition coefficient (Wildman–Crippen LogP) is 3.54. The summed E-state index contributed by atoms with van der Waals surface area (Å²) in [6, 6.07) is 4.97. The molecule has 19 heavy (non-hydrogen) atoms. The van der Waals surface area contributed by atoms with Gasteiger partial charge in [0.05, 0.1) is 8.66 Å². The second-order valence-corrected chi connectivity index (χ2v) is 7.26. The number of carboxylic acid groups (broad SMARTS) is 1. The molecule has 1 N–H and O–H groups in total. The SMILES string of the molecule is CN(Cc1csc(Br)c1)C(=O)c1ccc(C(=O)O)s1. The molecule has 0 aliphatic rings. The lowest BCUT2D eigenvalue weighted by Gasteiger charge is -2.15. The van der Waals surface area contributed by atoms with Gasteiger partial charge in [-0.3, -0.25) is 4.79 Å². The van der Waals surface area contributed by atoms with E-state index in [0.717, 1.165) is 20.7 Å². The first-order chi connectivity index (χ1) is 8.97. The van der Waals surface area contributed by atoms with Gasteiger partial charge in [-0.1, -0.05) is 0 Å². The van der Waals surface area contributed by atoms with Gasteiger partial charge in [0.2, 0.25) is 0 Å². The average molecular weight is 360 g/mol. The minimum Gasteiger partial charge on any atom is -0.477 e. The molecule has 0 aromatic carbocycles. The van der Waals surface area contributed by atoms with Crippen molar-refractivity contribution < 1.29 is 14.7 Å². The number of aromatic carboxylic acids is 1. The van der Waals surface area contributed by atoms with Crippen molar-refractivity contribution in [1.29, 1.82) is 0 Å². The zero-order chi connectivity index (χ0) is 14.0. The first-order valence-corrected chi connectivity index (χ1v) is 7.78. The summed E-state index contributed by atoms with van der Waals surface area (Å²) in [6.07, 6.45) is 0. The fourth-order valence-corrected chi connectivity index (χ4v) is 3.57. The van der Waals surface area contributed by atoms with Crippen molar-refractivity contribution in [2.45, 2.75) is 6.54 Å². The number of thiophene rings is 2. The number of hydrogen-bond acceptors (Lipinski definition) is 4. The van der Waals surface area contributed by atoms with Gasteiger partial charge < -0.3 is 10.0 Å². The van der Waals surface area contributed by atoms with Gasteiger partial charge >= 0.3 is 5.97 Å². The maximum absolute atomic E-state index is 12.1. The highest BCUT2D eigenvalue weighted by atomic mass is 79.9.